The van der Waals surface area contributed by atoms with Crippen LogP contribution in [0.4, 0.5) is 13.2 Å². The molecule has 2 rings (SSSR count). The van der Waals surface area contributed by atoms with Crippen molar-refractivity contribution < 1.29 is 27.8 Å². The van der Waals surface area contributed by atoms with Crippen molar-refractivity contribution in [3.8, 4) is 16.9 Å². The number of hydrogen-bond donors (Lipinski definition) is 1. The molecule has 21 heavy (non-hydrogen) atoms. The van der Waals surface area contributed by atoms with Gasteiger partial charge in [0.1, 0.15) is 5.75 Å². The Hall–Kier alpha value is -2.50. The van der Waals surface area contributed by atoms with Crippen molar-refractivity contribution in [3.05, 3.63) is 53.6 Å². The molecule has 0 radical (unpaired) electrons. The van der Waals surface area contributed by atoms with E-state index in [2.05, 4.69) is 0 Å². The molecular formula is C15H11F3O3. The molecule has 0 amide bonds. The molecule has 2 aromatic carbocycles. The lowest BCUT2D eigenvalue weighted by atomic mass is 10.0. The average Bonchev–Trinajstić information content (AvgIpc) is 2.45. The van der Waals surface area contributed by atoms with E-state index in [4.69, 9.17) is 9.84 Å². The molecule has 0 aliphatic carbocycles. The summed E-state index contributed by atoms with van der Waals surface area (Å²) in [6.07, 6.45) is -4.45. The van der Waals surface area contributed by atoms with Crippen LogP contribution in [0, 0.1) is 0 Å². The van der Waals surface area contributed by atoms with Gasteiger partial charge in [-0.15, -0.1) is 0 Å². The summed E-state index contributed by atoms with van der Waals surface area (Å²) < 4.78 is 43.0. The van der Waals surface area contributed by atoms with E-state index in [1.807, 2.05) is 0 Å². The summed E-state index contributed by atoms with van der Waals surface area (Å²) >= 11 is 0. The maximum atomic E-state index is 12.7. The zero-order valence-electron chi connectivity index (χ0n) is 10.9. The van der Waals surface area contributed by atoms with E-state index in [9.17, 15) is 18.0 Å². The standard InChI is InChI=1S/C15H11F3O3/c1-21-13-8-11(15(16,17)18)6-7-12(13)9-2-4-10(5-3-9)14(19)20/h2-8H,1H3,(H,19,20). The number of carbonyl (C=O) groups is 1. The molecule has 0 aliphatic rings. The molecule has 110 valence electrons. The summed E-state index contributed by atoms with van der Waals surface area (Å²) in [6.45, 7) is 0. The minimum Gasteiger partial charge on any atom is -0.496 e. The Kier molecular flexibility index (Phi) is 3.88. The molecule has 0 saturated carbocycles. The summed E-state index contributed by atoms with van der Waals surface area (Å²) in [5, 5.41) is 8.82. The molecule has 0 heterocycles. The highest BCUT2D eigenvalue weighted by Crippen LogP contribution is 2.37. The summed E-state index contributed by atoms with van der Waals surface area (Å²) in [7, 11) is 1.28. The summed E-state index contributed by atoms with van der Waals surface area (Å²) in [6, 6.07) is 8.99. The Morgan fingerprint density at radius 3 is 2.19 bits per heavy atom. The van der Waals surface area contributed by atoms with Crippen LogP contribution >= 0.6 is 0 Å². The predicted molar refractivity (Wildman–Crippen MR) is 70.4 cm³/mol. The number of carboxylic acid groups (broad SMARTS) is 1. The van der Waals surface area contributed by atoms with Crippen LogP contribution < -0.4 is 4.74 Å². The highest BCUT2D eigenvalue weighted by Gasteiger charge is 2.31. The molecule has 0 spiro atoms. The number of ether oxygens (including phenoxy) is 1. The second-order valence-electron chi connectivity index (χ2n) is 4.30. The zero-order valence-corrected chi connectivity index (χ0v) is 10.9. The number of carboxylic acids is 1. The SMILES string of the molecule is COc1cc(C(F)(F)F)ccc1-c1ccc(C(=O)O)cc1. The molecule has 0 aromatic heterocycles. The highest BCUT2D eigenvalue weighted by atomic mass is 19.4. The van der Waals surface area contributed by atoms with Crippen LogP contribution in [-0.2, 0) is 6.18 Å². The van der Waals surface area contributed by atoms with Gasteiger partial charge >= 0.3 is 12.1 Å². The van der Waals surface area contributed by atoms with Crippen molar-refractivity contribution in [1.29, 1.82) is 0 Å². The van der Waals surface area contributed by atoms with Gasteiger partial charge in [0, 0.05) is 5.56 Å². The monoisotopic (exact) mass is 296 g/mol. The van der Waals surface area contributed by atoms with Crippen LogP contribution in [-0.4, -0.2) is 18.2 Å². The third-order valence-electron chi connectivity index (χ3n) is 2.97. The Morgan fingerprint density at radius 2 is 1.71 bits per heavy atom. The van der Waals surface area contributed by atoms with Crippen molar-refractivity contribution in [3.63, 3.8) is 0 Å². The number of hydrogen-bond acceptors (Lipinski definition) is 2. The van der Waals surface area contributed by atoms with Gasteiger partial charge in [0.15, 0.2) is 0 Å². The van der Waals surface area contributed by atoms with Crippen LogP contribution in [0.1, 0.15) is 15.9 Å². The molecule has 0 atom stereocenters. The van der Waals surface area contributed by atoms with Gasteiger partial charge in [-0.3, -0.25) is 0 Å². The molecule has 3 nitrogen and oxygen atoms in total. The van der Waals surface area contributed by atoms with Gasteiger partial charge in [-0.2, -0.15) is 13.2 Å². The van der Waals surface area contributed by atoms with Gasteiger partial charge in [-0.25, -0.2) is 4.79 Å². The fourth-order valence-corrected chi connectivity index (χ4v) is 1.90. The zero-order chi connectivity index (χ0) is 15.6. The van der Waals surface area contributed by atoms with E-state index >= 15 is 0 Å². The summed E-state index contributed by atoms with van der Waals surface area (Å²) in [4.78, 5) is 10.8. The lowest BCUT2D eigenvalue weighted by molar-refractivity contribution is -0.137. The quantitative estimate of drug-likeness (QED) is 0.928. The maximum absolute atomic E-state index is 12.7. The second-order valence-corrected chi connectivity index (χ2v) is 4.30. The first kappa shape index (κ1) is 14.9. The number of aromatic carboxylic acids is 1. The van der Waals surface area contributed by atoms with Crippen LogP contribution in [0.15, 0.2) is 42.5 Å². The van der Waals surface area contributed by atoms with Gasteiger partial charge in [0.2, 0.25) is 0 Å². The molecule has 0 aliphatic heterocycles. The van der Waals surface area contributed by atoms with E-state index in [1.165, 1.54) is 37.4 Å². The van der Waals surface area contributed by atoms with E-state index in [0.717, 1.165) is 12.1 Å². The van der Waals surface area contributed by atoms with Crippen LogP contribution in [0.5, 0.6) is 5.75 Å². The van der Waals surface area contributed by atoms with Crippen molar-refractivity contribution in [1.82, 2.24) is 0 Å². The van der Waals surface area contributed by atoms with E-state index in [0.29, 0.717) is 11.1 Å². The molecule has 0 unspecified atom stereocenters. The Morgan fingerprint density at radius 1 is 1.10 bits per heavy atom. The fourth-order valence-electron chi connectivity index (χ4n) is 1.90. The number of alkyl halides is 3. The first-order chi connectivity index (χ1) is 9.82. The minimum atomic E-state index is -4.45. The predicted octanol–water partition coefficient (Wildman–Crippen LogP) is 4.08. The van der Waals surface area contributed by atoms with Crippen molar-refractivity contribution in [2.45, 2.75) is 6.18 Å². The van der Waals surface area contributed by atoms with Crippen molar-refractivity contribution in [2.75, 3.05) is 7.11 Å². The lowest BCUT2D eigenvalue weighted by Gasteiger charge is -2.13. The maximum Gasteiger partial charge on any atom is 0.416 e. The first-order valence-electron chi connectivity index (χ1n) is 5.92. The highest BCUT2D eigenvalue weighted by molar-refractivity contribution is 5.88. The molecule has 2 aromatic rings. The molecule has 0 fully saturated rings. The third kappa shape index (κ3) is 3.16. The van der Waals surface area contributed by atoms with Crippen LogP contribution in [0.25, 0.3) is 11.1 Å². The largest absolute Gasteiger partial charge is 0.496 e. The number of benzene rings is 2. The van der Waals surface area contributed by atoms with Gasteiger partial charge in [-0.1, -0.05) is 18.2 Å². The average molecular weight is 296 g/mol. The third-order valence-corrected chi connectivity index (χ3v) is 2.97. The van der Waals surface area contributed by atoms with E-state index in [-0.39, 0.29) is 11.3 Å². The van der Waals surface area contributed by atoms with Crippen molar-refractivity contribution in [2.24, 2.45) is 0 Å². The van der Waals surface area contributed by atoms with Gasteiger partial charge < -0.3 is 9.84 Å². The summed E-state index contributed by atoms with van der Waals surface area (Å²) in [5.74, 6) is -0.992. The first-order valence-corrected chi connectivity index (χ1v) is 5.92. The normalized spacial score (nSPS) is 11.2. The van der Waals surface area contributed by atoms with Crippen molar-refractivity contribution >= 4 is 5.97 Å². The molecular weight excluding hydrogens is 285 g/mol. The van der Waals surface area contributed by atoms with Crippen LogP contribution in [0.3, 0.4) is 0 Å². The van der Waals surface area contributed by atoms with Gasteiger partial charge in [-0.05, 0) is 29.8 Å². The number of halogens is 3. The lowest BCUT2D eigenvalue weighted by Crippen LogP contribution is -2.05. The van der Waals surface area contributed by atoms with Gasteiger partial charge in [0.25, 0.3) is 0 Å². The minimum absolute atomic E-state index is 0.0768. The molecule has 0 saturated heterocycles. The van der Waals surface area contributed by atoms with E-state index < -0.39 is 17.7 Å². The smallest absolute Gasteiger partial charge is 0.416 e. The van der Waals surface area contributed by atoms with Crippen LogP contribution in [0.2, 0.25) is 0 Å². The fraction of sp³-hybridized carbons (Fsp3) is 0.133. The van der Waals surface area contributed by atoms with Gasteiger partial charge in [0.05, 0.1) is 18.2 Å². The Balaban J connectivity index is 2.46. The number of rotatable bonds is 3. The second kappa shape index (κ2) is 5.47. The van der Waals surface area contributed by atoms with E-state index in [1.54, 1.807) is 0 Å². The Bertz CT molecular complexity index is 661. The molecule has 0 bridgehead atoms. The topological polar surface area (TPSA) is 46.5 Å². The molecule has 6 heteroatoms. The molecule has 1 N–H and O–H groups in total. The summed E-state index contributed by atoms with van der Waals surface area (Å²) in [5.41, 5.74) is 0.336. The number of methoxy groups -OCH3 is 1. The Labute approximate surface area is 118 Å².